The van der Waals surface area contributed by atoms with E-state index in [1.165, 1.54) is 0 Å². The third kappa shape index (κ3) is 2.37. The van der Waals surface area contributed by atoms with Gasteiger partial charge < -0.3 is 19.2 Å². The molecule has 0 saturated carbocycles. The topological polar surface area (TPSA) is 43.5 Å². The van der Waals surface area contributed by atoms with Crippen molar-refractivity contribution in [3.05, 3.63) is 53.7 Å². The summed E-state index contributed by atoms with van der Waals surface area (Å²) < 4.78 is 17.1. The second-order valence-corrected chi connectivity index (χ2v) is 5.06. The lowest BCUT2D eigenvalue weighted by Gasteiger charge is -2.17. The van der Waals surface area contributed by atoms with Crippen molar-refractivity contribution in [3.8, 4) is 17.2 Å². The maximum atomic E-state index is 6.07. The molecule has 0 aliphatic rings. The van der Waals surface area contributed by atoms with Crippen LogP contribution in [0.25, 0.3) is 10.9 Å². The zero-order valence-electron chi connectivity index (χ0n) is 13.0. The second-order valence-electron chi connectivity index (χ2n) is 5.06. The molecule has 0 atom stereocenters. The molecule has 0 bridgehead atoms. The van der Waals surface area contributed by atoms with Crippen LogP contribution in [0.15, 0.2) is 42.6 Å². The third-order valence-electron chi connectivity index (χ3n) is 3.74. The smallest absolute Gasteiger partial charge is 0.171 e. The maximum Gasteiger partial charge on any atom is 0.171 e. The van der Waals surface area contributed by atoms with Crippen molar-refractivity contribution in [1.82, 2.24) is 4.98 Å². The van der Waals surface area contributed by atoms with Gasteiger partial charge in [-0.1, -0.05) is 30.3 Å². The number of benzene rings is 2. The zero-order valence-corrected chi connectivity index (χ0v) is 13.0. The van der Waals surface area contributed by atoms with E-state index in [4.69, 9.17) is 14.2 Å². The quantitative estimate of drug-likeness (QED) is 0.772. The number of hydrogen-bond donors (Lipinski definition) is 1. The molecule has 3 rings (SSSR count). The summed E-state index contributed by atoms with van der Waals surface area (Å²) in [4.78, 5) is 3.21. The SMILES string of the molecule is COc1c(C)c(OC)c2[nH]ccc2c1OCc1ccccc1. The maximum absolute atomic E-state index is 6.07. The van der Waals surface area contributed by atoms with Gasteiger partial charge in [0, 0.05) is 17.1 Å². The van der Waals surface area contributed by atoms with E-state index in [0.29, 0.717) is 12.4 Å². The van der Waals surface area contributed by atoms with Crippen LogP contribution in [-0.2, 0) is 6.61 Å². The molecule has 0 fully saturated rings. The highest BCUT2D eigenvalue weighted by atomic mass is 16.5. The molecule has 4 heteroatoms. The van der Waals surface area contributed by atoms with Crippen LogP contribution < -0.4 is 14.2 Å². The van der Waals surface area contributed by atoms with E-state index in [1.807, 2.05) is 49.5 Å². The van der Waals surface area contributed by atoms with Gasteiger partial charge in [0.1, 0.15) is 12.4 Å². The number of methoxy groups -OCH3 is 2. The summed E-state index contributed by atoms with van der Waals surface area (Å²) in [6, 6.07) is 12.0. The number of rotatable bonds is 5. The molecular formula is C18H19NO3. The van der Waals surface area contributed by atoms with Gasteiger partial charge in [-0.2, -0.15) is 0 Å². The predicted octanol–water partition coefficient (Wildman–Crippen LogP) is 4.07. The van der Waals surface area contributed by atoms with Gasteiger partial charge in [-0.05, 0) is 18.6 Å². The van der Waals surface area contributed by atoms with Crippen LogP contribution in [0.2, 0.25) is 0 Å². The first-order valence-electron chi connectivity index (χ1n) is 7.14. The van der Waals surface area contributed by atoms with Gasteiger partial charge in [0.15, 0.2) is 11.5 Å². The molecule has 0 aliphatic carbocycles. The summed E-state index contributed by atoms with van der Waals surface area (Å²) in [6.07, 6.45) is 1.88. The van der Waals surface area contributed by atoms with Crippen LogP contribution in [0.4, 0.5) is 0 Å². The molecular weight excluding hydrogens is 278 g/mol. The molecule has 0 unspecified atom stereocenters. The molecule has 114 valence electrons. The van der Waals surface area contributed by atoms with E-state index in [2.05, 4.69) is 4.98 Å². The monoisotopic (exact) mass is 297 g/mol. The Morgan fingerprint density at radius 1 is 0.909 bits per heavy atom. The highest BCUT2D eigenvalue weighted by Crippen LogP contribution is 2.45. The summed E-state index contributed by atoms with van der Waals surface area (Å²) in [5.41, 5.74) is 2.95. The average molecular weight is 297 g/mol. The molecule has 1 N–H and O–H groups in total. The fourth-order valence-electron chi connectivity index (χ4n) is 2.70. The first-order chi connectivity index (χ1) is 10.8. The molecule has 1 aromatic heterocycles. The highest BCUT2D eigenvalue weighted by Gasteiger charge is 2.20. The molecule has 22 heavy (non-hydrogen) atoms. The average Bonchev–Trinajstić information content (AvgIpc) is 3.02. The molecule has 3 aromatic rings. The van der Waals surface area contributed by atoms with Crippen molar-refractivity contribution < 1.29 is 14.2 Å². The summed E-state index contributed by atoms with van der Waals surface area (Å²) in [5, 5.41) is 0.954. The number of hydrogen-bond acceptors (Lipinski definition) is 3. The largest absolute Gasteiger partial charge is 0.494 e. The number of nitrogens with one attached hydrogen (secondary N) is 1. The van der Waals surface area contributed by atoms with Gasteiger partial charge in [0.05, 0.1) is 19.7 Å². The zero-order chi connectivity index (χ0) is 15.5. The summed E-state index contributed by atoms with van der Waals surface area (Å²) in [5.74, 6) is 2.23. The van der Waals surface area contributed by atoms with E-state index in [9.17, 15) is 0 Å². The van der Waals surface area contributed by atoms with Crippen molar-refractivity contribution in [1.29, 1.82) is 0 Å². The Kier molecular flexibility index (Phi) is 3.92. The number of aromatic amines is 1. The van der Waals surface area contributed by atoms with Crippen molar-refractivity contribution in [2.45, 2.75) is 13.5 Å². The number of ether oxygens (including phenoxy) is 3. The van der Waals surface area contributed by atoms with Gasteiger partial charge in [-0.3, -0.25) is 0 Å². The van der Waals surface area contributed by atoms with E-state index >= 15 is 0 Å². The molecule has 4 nitrogen and oxygen atoms in total. The fourth-order valence-corrected chi connectivity index (χ4v) is 2.70. The standard InChI is InChI=1S/C18H19NO3/c1-12-16(20-2)15-14(9-10-19-15)18(17(12)21-3)22-11-13-7-5-4-6-8-13/h4-10,19H,11H2,1-3H3. The molecule has 0 aliphatic heterocycles. The molecule has 0 radical (unpaired) electrons. The van der Waals surface area contributed by atoms with Crippen LogP contribution in [0, 0.1) is 6.92 Å². The van der Waals surface area contributed by atoms with Gasteiger partial charge >= 0.3 is 0 Å². The van der Waals surface area contributed by atoms with Crippen LogP contribution in [0.1, 0.15) is 11.1 Å². The van der Waals surface area contributed by atoms with Crippen LogP contribution in [0.5, 0.6) is 17.2 Å². The van der Waals surface area contributed by atoms with Gasteiger partial charge in [0.2, 0.25) is 0 Å². The lowest BCUT2D eigenvalue weighted by atomic mass is 10.1. The second kappa shape index (κ2) is 6.02. The lowest BCUT2D eigenvalue weighted by molar-refractivity contribution is 0.286. The van der Waals surface area contributed by atoms with Gasteiger partial charge in [-0.15, -0.1) is 0 Å². The highest BCUT2D eigenvalue weighted by molar-refractivity contribution is 5.95. The Morgan fingerprint density at radius 2 is 1.64 bits per heavy atom. The first-order valence-corrected chi connectivity index (χ1v) is 7.14. The Labute approximate surface area is 129 Å². The number of fused-ring (bicyclic) bond motifs is 1. The van der Waals surface area contributed by atoms with Crippen molar-refractivity contribution in [2.75, 3.05) is 14.2 Å². The number of aromatic nitrogens is 1. The Morgan fingerprint density at radius 3 is 2.32 bits per heavy atom. The van der Waals surface area contributed by atoms with Crippen molar-refractivity contribution >= 4 is 10.9 Å². The summed E-state index contributed by atoms with van der Waals surface area (Å²) >= 11 is 0. The predicted molar refractivity (Wildman–Crippen MR) is 86.9 cm³/mol. The molecule has 0 amide bonds. The van der Waals surface area contributed by atoms with E-state index in [1.54, 1.807) is 14.2 Å². The van der Waals surface area contributed by atoms with Crippen LogP contribution in [-0.4, -0.2) is 19.2 Å². The van der Waals surface area contributed by atoms with Crippen LogP contribution in [0.3, 0.4) is 0 Å². The fraction of sp³-hybridized carbons (Fsp3) is 0.222. The Balaban J connectivity index is 2.06. The normalized spacial score (nSPS) is 10.7. The van der Waals surface area contributed by atoms with E-state index < -0.39 is 0 Å². The lowest BCUT2D eigenvalue weighted by Crippen LogP contribution is -2.01. The molecule has 0 saturated heterocycles. The van der Waals surface area contributed by atoms with E-state index in [-0.39, 0.29) is 0 Å². The third-order valence-corrected chi connectivity index (χ3v) is 3.74. The first kappa shape index (κ1) is 14.3. The molecule has 1 heterocycles. The summed E-state index contributed by atoms with van der Waals surface area (Å²) in [7, 11) is 3.31. The minimum absolute atomic E-state index is 0.489. The molecule has 2 aromatic carbocycles. The van der Waals surface area contributed by atoms with Gasteiger partial charge in [0.25, 0.3) is 0 Å². The van der Waals surface area contributed by atoms with Crippen LogP contribution >= 0.6 is 0 Å². The molecule has 0 spiro atoms. The van der Waals surface area contributed by atoms with Crippen molar-refractivity contribution in [2.24, 2.45) is 0 Å². The summed E-state index contributed by atoms with van der Waals surface area (Å²) in [6.45, 7) is 2.45. The van der Waals surface area contributed by atoms with Crippen molar-refractivity contribution in [3.63, 3.8) is 0 Å². The minimum atomic E-state index is 0.489. The Bertz CT molecular complexity index is 778. The van der Waals surface area contributed by atoms with E-state index in [0.717, 1.165) is 33.5 Å². The van der Waals surface area contributed by atoms with Gasteiger partial charge in [-0.25, -0.2) is 0 Å². The Hall–Kier alpha value is -2.62. The number of H-pyrrole nitrogens is 1. The minimum Gasteiger partial charge on any atom is -0.494 e.